The minimum Gasteiger partial charge on any atom is -0.489 e. The van der Waals surface area contributed by atoms with Crippen molar-refractivity contribution in [3.63, 3.8) is 0 Å². The number of halogens is 3. The summed E-state index contributed by atoms with van der Waals surface area (Å²) in [5.41, 5.74) is 4.23. The van der Waals surface area contributed by atoms with Gasteiger partial charge in [0.05, 0.1) is 11.2 Å². The van der Waals surface area contributed by atoms with E-state index < -0.39 is 17.6 Å². The average Bonchev–Trinajstić information content (AvgIpc) is 2.76. The normalized spacial score (nSPS) is 10.8. The van der Waals surface area contributed by atoms with Gasteiger partial charge in [0.25, 0.3) is 0 Å². The van der Waals surface area contributed by atoms with Crippen LogP contribution in [0.3, 0.4) is 0 Å². The monoisotopic (exact) mass is 473 g/mol. The Balaban J connectivity index is 1.55. The molecular weight excluding hydrogens is 456 g/mol. The number of carbonyl (C=O) groups excluding carboxylic acids is 2. The number of anilines is 1. The van der Waals surface area contributed by atoms with Crippen LogP contribution in [0.4, 0.5) is 10.1 Å². The molecule has 9 heteroatoms. The van der Waals surface area contributed by atoms with Crippen LogP contribution in [0.2, 0.25) is 10.0 Å². The SMILES string of the molecule is Cc1ccc(NC(=O)C(=O)N/N=C/c2cccc(OCc3c(F)cccc3Cl)c2)cc1Cl. The Bertz CT molecular complexity index is 1160. The Morgan fingerprint density at radius 2 is 1.81 bits per heavy atom. The van der Waals surface area contributed by atoms with Gasteiger partial charge < -0.3 is 10.1 Å². The lowest BCUT2D eigenvalue weighted by atomic mass is 10.2. The third kappa shape index (κ3) is 6.29. The fraction of sp³-hybridized carbons (Fsp3) is 0.0870. The molecule has 0 bridgehead atoms. The molecule has 6 nitrogen and oxygen atoms in total. The van der Waals surface area contributed by atoms with Crippen LogP contribution in [-0.4, -0.2) is 18.0 Å². The number of hydrogen-bond donors (Lipinski definition) is 2. The van der Waals surface area contributed by atoms with Gasteiger partial charge in [0.2, 0.25) is 0 Å². The molecule has 3 aromatic rings. The molecule has 0 unspecified atom stereocenters. The number of benzene rings is 3. The van der Waals surface area contributed by atoms with Crippen LogP contribution >= 0.6 is 23.2 Å². The predicted molar refractivity (Wildman–Crippen MR) is 123 cm³/mol. The molecule has 0 aliphatic heterocycles. The van der Waals surface area contributed by atoms with Gasteiger partial charge in [-0.15, -0.1) is 0 Å². The van der Waals surface area contributed by atoms with E-state index in [1.807, 2.05) is 6.92 Å². The van der Waals surface area contributed by atoms with Crippen molar-refractivity contribution >= 4 is 46.9 Å². The van der Waals surface area contributed by atoms with Gasteiger partial charge in [-0.3, -0.25) is 9.59 Å². The molecular formula is C23H18Cl2FN3O3. The zero-order valence-corrected chi connectivity index (χ0v) is 18.4. The fourth-order valence-corrected chi connectivity index (χ4v) is 2.98. The first-order valence-electron chi connectivity index (χ1n) is 9.40. The van der Waals surface area contributed by atoms with E-state index in [-0.39, 0.29) is 17.2 Å². The molecule has 0 saturated carbocycles. The lowest BCUT2D eigenvalue weighted by Gasteiger charge is -2.09. The molecule has 0 heterocycles. The van der Waals surface area contributed by atoms with Gasteiger partial charge in [-0.1, -0.05) is 47.5 Å². The van der Waals surface area contributed by atoms with E-state index in [9.17, 15) is 14.0 Å². The third-order valence-electron chi connectivity index (χ3n) is 4.32. The maximum Gasteiger partial charge on any atom is 0.329 e. The van der Waals surface area contributed by atoms with E-state index in [1.54, 1.807) is 48.5 Å². The van der Waals surface area contributed by atoms with Crippen molar-refractivity contribution in [2.24, 2.45) is 5.10 Å². The number of nitrogens with zero attached hydrogens (tertiary/aromatic N) is 1. The zero-order chi connectivity index (χ0) is 23.1. The Hall–Kier alpha value is -3.42. The lowest BCUT2D eigenvalue weighted by molar-refractivity contribution is -0.136. The van der Waals surface area contributed by atoms with E-state index in [0.29, 0.717) is 22.0 Å². The third-order valence-corrected chi connectivity index (χ3v) is 5.08. The van der Waals surface area contributed by atoms with E-state index in [4.69, 9.17) is 27.9 Å². The Morgan fingerprint density at radius 3 is 2.56 bits per heavy atom. The van der Waals surface area contributed by atoms with E-state index in [1.165, 1.54) is 18.3 Å². The molecule has 3 aromatic carbocycles. The highest BCUT2D eigenvalue weighted by molar-refractivity contribution is 6.39. The fourth-order valence-electron chi connectivity index (χ4n) is 2.59. The number of aryl methyl sites for hydroxylation is 1. The van der Waals surface area contributed by atoms with Crippen molar-refractivity contribution in [1.82, 2.24) is 5.43 Å². The molecule has 0 spiro atoms. The van der Waals surface area contributed by atoms with Crippen molar-refractivity contribution in [3.05, 3.63) is 93.2 Å². The molecule has 3 rings (SSSR count). The van der Waals surface area contributed by atoms with E-state index >= 15 is 0 Å². The predicted octanol–water partition coefficient (Wildman–Crippen LogP) is 5.11. The highest BCUT2D eigenvalue weighted by Gasteiger charge is 2.13. The molecule has 32 heavy (non-hydrogen) atoms. The largest absolute Gasteiger partial charge is 0.489 e. The highest BCUT2D eigenvalue weighted by atomic mass is 35.5. The number of amides is 2. The van der Waals surface area contributed by atoms with Gasteiger partial charge in [0.1, 0.15) is 18.2 Å². The van der Waals surface area contributed by atoms with Crippen molar-refractivity contribution in [1.29, 1.82) is 0 Å². The van der Waals surface area contributed by atoms with Crippen LogP contribution in [0, 0.1) is 12.7 Å². The zero-order valence-electron chi connectivity index (χ0n) is 16.9. The second kappa shape index (κ2) is 10.7. The van der Waals surface area contributed by atoms with E-state index in [2.05, 4.69) is 15.8 Å². The molecule has 2 N–H and O–H groups in total. The molecule has 0 aliphatic rings. The molecule has 0 radical (unpaired) electrons. The van der Waals surface area contributed by atoms with Gasteiger partial charge in [-0.25, -0.2) is 9.82 Å². The lowest BCUT2D eigenvalue weighted by Crippen LogP contribution is -2.32. The average molecular weight is 474 g/mol. The first kappa shape index (κ1) is 23.2. The van der Waals surface area contributed by atoms with Gasteiger partial charge in [-0.05, 0) is 54.4 Å². The first-order valence-corrected chi connectivity index (χ1v) is 10.2. The van der Waals surface area contributed by atoms with Crippen molar-refractivity contribution in [2.75, 3.05) is 5.32 Å². The van der Waals surface area contributed by atoms with Gasteiger partial charge in [0.15, 0.2) is 0 Å². The van der Waals surface area contributed by atoms with E-state index in [0.717, 1.165) is 5.56 Å². The number of rotatable bonds is 6. The van der Waals surface area contributed by atoms with Gasteiger partial charge >= 0.3 is 11.8 Å². The Morgan fingerprint density at radius 1 is 1.03 bits per heavy atom. The number of hydrazone groups is 1. The highest BCUT2D eigenvalue weighted by Crippen LogP contribution is 2.22. The van der Waals surface area contributed by atoms with Crippen LogP contribution in [0.1, 0.15) is 16.7 Å². The summed E-state index contributed by atoms with van der Waals surface area (Å²) in [6.07, 6.45) is 1.34. The smallest absolute Gasteiger partial charge is 0.329 e. The quantitative estimate of drug-likeness (QED) is 0.296. The summed E-state index contributed by atoms with van der Waals surface area (Å²) in [4.78, 5) is 23.9. The number of carbonyl (C=O) groups is 2. The van der Waals surface area contributed by atoms with Crippen LogP contribution in [0.15, 0.2) is 65.8 Å². The minimum atomic E-state index is -0.945. The van der Waals surface area contributed by atoms with Crippen LogP contribution in [0.25, 0.3) is 0 Å². The maximum atomic E-state index is 13.8. The van der Waals surface area contributed by atoms with Gasteiger partial charge in [-0.2, -0.15) is 5.10 Å². The minimum absolute atomic E-state index is 0.0496. The Labute approximate surface area is 194 Å². The summed E-state index contributed by atoms with van der Waals surface area (Å²) in [6, 6.07) is 16.1. The van der Waals surface area contributed by atoms with Crippen molar-refractivity contribution in [3.8, 4) is 5.75 Å². The number of ether oxygens (including phenoxy) is 1. The van der Waals surface area contributed by atoms with Crippen LogP contribution < -0.4 is 15.5 Å². The number of nitrogens with one attached hydrogen (secondary N) is 2. The summed E-state index contributed by atoms with van der Waals surface area (Å²) in [5.74, 6) is -1.84. The molecule has 2 amide bonds. The molecule has 0 atom stereocenters. The standard InChI is InChI=1S/C23H18Cl2FN3O3/c1-14-8-9-16(11-20(14)25)28-22(30)23(31)29-27-12-15-4-2-5-17(10-15)32-13-18-19(24)6-3-7-21(18)26/h2-12H,13H2,1H3,(H,28,30)(H,29,31)/b27-12+. The summed E-state index contributed by atoms with van der Waals surface area (Å²) in [5, 5.41) is 6.96. The summed E-state index contributed by atoms with van der Waals surface area (Å²) >= 11 is 12.0. The maximum absolute atomic E-state index is 13.8. The topological polar surface area (TPSA) is 79.8 Å². The second-order valence-corrected chi connectivity index (χ2v) is 7.49. The molecule has 164 valence electrons. The summed E-state index contributed by atoms with van der Waals surface area (Å²) in [6.45, 7) is 1.77. The number of hydrogen-bond acceptors (Lipinski definition) is 4. The van der Waals surface area contributed by atoms with Crippen molar-refractivity contribution in [2.45, 2.75) is 13.5 Å². The van der Waals surface area contributed by atoms with Crippen LogP contribution in [-0.2, 0) is 16.2 Å². The summed E-state index contributed by atoms with van der Waals surface area (Å²) < 4.78 is 19.4. The second-order valence-electron chi connectivity index (χ2n) is 6.68. The van der Waals surface area contributed by atoms with Crippen LogP contribution in [0.5, 0.6) is 5.75 Å². The molecule has 0 aliphatic carbocycles. The van der Waals surface area contributed by atoms with Gasteiger partial charge in [0, 0.05) is 16.3 Å². The first-order chi connectivity index (χ1) is 15.3. The Kier molecular flexibility index (Phi) is 7.81. The summed E-state index contributed by atoms with van der Waals surface area (Å²) in [7, 11) is 0. The van der Waals surface area contributed by atoms with Crippen molar-refractivity contribution < 1.29 is 18.7 Å². The molecule has 0 fully saturated rings. The molecule has 0 aromatic heterocycles. The molecule has 0 saturated heterocycles.